The van der Waals surface area contributed by atoms with Crippen LogP contribution in [-0.4, -0.2) is 35.6 Å². The fourth-order valence-corrected chi connectivity index (χ4v) is 2.23. The molecule has 0 spiro atoms. The predicted octanol–water partition coefficient (Wildman–Crippen LogP) is 2.68. The molecular formula is C16H20N2O3. The highest BCUT2D eigenvalue weighted by atomic mass is 16.5. The van der Waals surface area contributed by atoms with Gasteiger partial charge in [-0.1, -0.05) is 30.3 Å². The Hall–Kier alpha value is -2.14. The van der Waals surface area contributed by atoms with Gasteiger partial charge in [-0.25, -0.2) is 4.79 Å². The van der Waals surface area contributed by atoms with E-state index in [1.165, 1.54) is 6.20 Å². The highest BCUT2D eigenvalue weighted by molar-refractivity contribution is 5.88. The normalized spacial score (nSPS) is 13.7. The minimum absolute atomic E-state index is 0.0812. The van der Waals surface area contributed by atoms with Crippen LogP contribution in [0.1, 0.15) is 35.8 Å². The molecule has 0 saturated carbocycles. The molecule has 0 aliphatic carbocycles. The van der Waals surface area contributed by atoms with E-state index in [-0.39, 0.29) is 18.1 Å². The van der Waals surface area contributed by atoms with Gasteiger partial charge in [0.15, 0.2) is 0 Å². The first kappa shape index (κ1) is 15.3. The molecule has 0 amide bonds. The van der Waals surface area contributed by atoms with Gasteiger partial charge in [0, 0.05) is 13.3 Å². The van der Waals surface area contributed by atoms with Crippen molar-refractivity contribution in [2.45, 2.75) is 26.0 Å². The third-order valence-electron chi connectivity index (χ3n) is 3.36. The summed E-state index contributed by atoms with van der Waals surface area (Å²) in [7, 11) is 1.66. The third kappa shape index (κ3) is 3.49. The minimum Gasteiger partial charge on any atom is -0.462 e. The average molecular weight is 288 g/mol. The minimum atomic E-state index is -0.361. The summed E-state index contributed by atoms with van der Waals surface area (Å²) >= 11 is 0. The summed E-state index contributed by atoms with van der Waals surface area (Å²) in [6, 6.07) is 9.85. The second kappa shape index (κ2) is 7.04. The third-order valence-corrected chi connectivity index (χ3v) is 3.36. The van der Waals surface area contributed by atoms with E-state index < -0.39 is 0 Å². The molecule has 0 saturated heterocycles. The van der Waals surface area contributed by atoms with E-state index in [0.29, 0.717) is 12.2 Å². The van der Waals surface area contributed by atoms with Crippen molar-refractivity contribution in [1.29, 1.82) is 0 Å². The Morgan fingerprint density at radius 3 is 2.67 bits per heavy atom. The van der Waals surface area contributed by atoms with Gasteiger partial charge in [-0.3, -0.25) is 4.68 Å². The number of carbonyl (C=O) groups excluding carboxylic acids is 1. The van der Waals surface area contributed by atoms with Gasteiger partial charge >= 0.3 is 5.97 Å². The number of hydrogen-bond donors (Lipinski definition) is 0. The van der Waals surface area contributed by atoms with Crippen LogP contribution in [0.4, 0.5) is 0 Å². The molecule has 0 aliphatic heterocycles. The smallest absolute Gasteiger partial charge is 0.341 e. The SMILES string of the molecule is CCOC(=O)c1cnn(C(c2ccccc2)C(C)OC)c1. The van der Waals surface area contributed by atoms with E-state index in [1.54, 1.807) is 24.9 Å². The van der Waals surface area contributed by atoms with Crippen LogP contribution in [0.2, 0.25) is 0 Å². The monoisotopic (exact) mass is 288 g/mol. The van der Waals surface area contributed by atoms with Crippen molar-refractivity contribution in [1.82, 2.24) is 9.78 Å². The molecule has 1 heterocycles. The Kier molecular flexibility index (Phi) is 5.11. The van der Waals surface area contributed by atoms with Crippen LogP contribution < -0.4 is 0 Å². The van der Waals surface area contributed by atoms with Gasteiger partial charge in [0.2, 0.25) is 0 Å². The number of carbonyl (C=O) groups is 1. The first-order valence-electron chi connectivity index (χ1n) is 6.96. The van der Waals surface area contributed by atoms with Gasteiger partial charge in [-0.2, -0.15) is 5.10 Å². The van der Waals surface area contributed by atoms with Gasteiger partial charge in [-0.15, -0.1) is 0 Å². The van der Waals surface area contributed by atoms with Gasteiger partial charge in [0.05, 0.1) is 24.5 Å². The lowest BCUT2D eigenvalue weighted by Crippen LogP contribution is -2.25. The molecule has 0 aliphatic rings. The second-order valence-corrected chi connectivity index (χ2v) is 4.73. The summed E-state index contributed by atoms with van der Waals surface area (Å²) in [5.41, 5.74) is 1.52. The molecule has 0 fully saturated rings. The zero-order chi connectivity index (χ0) is 15.2. The number of methoxy groups -OCH3 is 1. The molecule has 0 radical (unpaired) electrons. The van der Waals surface area contributed by atoms with Crippen molar-refractivity contribution in [2.75, 3.05) is 13.7 Å². The lowest BCUT2D eigenvalue weighted by molar-refractivity contribution is 0.0525. The summed E-state index contributed by atoms with van der Waals surface area (Å²) in [6.07, 6.45) is 3.14. The van der Waals surface area contributed by atoms with Crippen molar-refractivity contribution in [2.24, 2.45) is 0 Å². The molecule has 112 valence electrons. The van der Waals surface area contributed by atoms with Crippen molar-refractivity contribution in [3.05, 3.63) is 53.9 Å². The largest absolute Gasteiger partial charge is 0.462 e. The van der Waals surface area contributed by atoms with E-state index in [4.69, 9.17) is 9.47 Å². The lowest BCUT2D eigenvalue weighted by Gasteiger charge is -2.23. The van der Waals surface area contributed by atoms with E-state index in [9.17, 15) is 4.79 Å². The molecule has 2 atom stereocenters. The quantitative estimate of drug-likeness (QED) is 0.767. The van der Waals surface area contributed by atoms with Gasteiger partial charge in [0.25, 0.3) is 0 Å². The van der Waals surface area contributed by atoms with Crippen LogP contribution in [-0.2, 0) is 9.47 Å². The Labute approximate surface area is 124 Å². The summed E-state index contributed by atoms with van der Waals surface area (Å²) in [6.45, 7) is 4.10. The zero-order valence-electron chi connectivity index (χ0n) is 12.5. The van der Waals surface area contributed by atoms with Crippen LogP contribution in [0, 0.1) is 0 Å². The Balaban J connectivity index is 2.32. The highest BCUT2D eigenvalue weighted by Gasteiger charge is 2.23. The van der Waals surface area contributed by atoms with Crippen LogP contribution in [0.15, 0.2) is 42.7 Å². The molecule has 0 N–H and O–H groups in total. The Bertz CT molecular complexity index is 580. The molecule has 1 aromatic carbocycles. The van der Waals surface area contributed by atoms with Crippen molar-refractivity contribution < 1.29 is 14.3 Å². The Morgan fingerprint density at radius 1 is 1.33 bits per heavy atom. The van der Waals surface area contributed by atoms with E-state index in [0.717, 1.165) is 5.56 Å². The number of rotatable bonds is 6. The topological polar surface area (TPSA) is 53.3 Å². The summed E-state index contributed by atoms with van der Waals surface area (Å²) < 4.78 is 12.2. The molecular weight excluding hydrogens is 268 g/mol. The van der Waals surface area contributed by atoms with E-state index in [1.807, 2.05) is 37.3 Å². The van der Waals surface area contributed by atoms with Crippen molar-refractivity contribution in [3.8, 4) is 0 Å². The van der Waals surface area contributed by atoms with Gasteiger partial charge in [-0.05, 0) is 19.4 Å². The van der Waals surface area contributed by atoms with Crippen LogP contribution in [0.3, 0.4) is 0 Å². The highest BCUT2D eigenvalue weighted by Crippen LogP contribution is 2.23. The van der Waals surface area contributed by atoms with E-state index >= 15 is 0 Å². The second-order valence-electron chi connectivity index (χ2n) is 4.73. The summed E-state index contributed by atoms with van der Waals surface area (Å²) in [5.74, 6) is -0.361. The molecule has 2 aromatic rings. The molecule has 5 heteroatoms. The first-order valence-corrected chi connectivity index (χ1v) is 6.96. The molecule has 5 nitrogen and oxygen atoms in total. The van der Waals surface area contributed by atoms with Gasteiger partial charge in [0.1, 0.15) is 6.04 Å². The summed E-state index contributed by atoms with van der Waals surface area (Å²) in [5, 5.41) is 4.30. The molecule has 2 unspecified atom stereocenters. The number of esters is 1. The maximum absolute atomic E-state index is 11.7. The average Bonchev–Trinajstić information content (AvgIpc) is 2.98. The molecule has 0 bridgehead atoms. The molecule has 1 aromatic heterocycles. The van der Waals surface area contributed by atoms with Crippen molar-refractivity contribution >= 4 is 5.97 Å². The lowest BCUT2D eigenvalue weighted by atomic mass is 10.0. The number of aromatic nitrogens is 2. The Morgan fingerprint density at radius 2 is 2.05 bits per heavy atom. The fourth-order valence-electron chi connectivity index (χ4n) is 2.23. The van der Waals surface area contributed by atoms with E-state index in [2.05, 4.69) is 5.10 Å². The van der Waals surface area contributed by atoms with Crippen LogP contribution in [0.5, 0.6) is 0 Å². The molecule has 21 heavy (non-hydrogen) atoms. The maximum atomic E-state index is 11.7. The molecule has 2 rings (SSSR count). The van der Waals surface area contributed by atoms with Crippen LogP contribution >= 0.6 is 0 Å². The standard InChI is InChI=1S/C16H20N2O3/c1-4-21-16(19)14-10-17-18(11-14)15(12(2)20-3)13-8-6-5-7-9-13/h5-12,15H,4H2,1-3H3. The summed E-state index contributed by atoms with van der Waals surface area (Å²) in [4.78, 5) is 11.7. The fraction of sp³-hybridized carbons (Fsp3) is 0.375. The first-order chi connectivity index (χ1) is 10.2. The predicted molar refractivity (Wildman–Crippen MR) is 79.2 cm³/mol. The number of benzene rings is 1. The number of ether oxygens (including phenoxy) is 2. The maximum Gasteiger partial charge on any atom is 0.341 e. The van der Waals surface area contributed by atoms with Gasteiger partial charge < -0.3 is 9.47 Å². The number of hydrogen-bond acceptors (Lipinski definition) is 4. The van der Waals surface area contributed by atoms with Crippen LogP contribution in [0.25, 0.3) is 0 Å². The number of nitrogens with zero attached hydrogens (tertiary/aromatic N) is 2. The van der Waals surface area contributed by atoms with Crippen molar-refractivity contribution in [3.63, 3.8) is 0 Å². The zero-order valence-corrected chi connectivity index (χ0v) is 12.5.